The van der Waals surface area contributed by atoms with Gasteiger partial charge in [0.15, 0.2) is 0 Å². The normalized spacial score (nSPS) is 16.2. The topological polar surface area (TPSA) is 90.1 Å². The Labute approximate surface area is 192 Å². The molecule has 2 aromatic heterocycles. The molecule has 1 aliphatic heterocycles. The van der Waals surface area contributed by atoms with E-state index in [1.165, 1.54) is 6.20 Å². The summed E-state index contributed by atoms with van der Waals surface area (Å²) >= 11 is 6.01. The van der Waals surface area contributed by atoms with Gasteiger partial charge in [0.05, 0.1) is 12.1 Å². The van der Waals surface area contributed by atoms with Crippen molar-refractivity contribution >= 4 is 17.5 Å². The highest BCUT2D eigenvalue weighted by molar-refractivity contribution is 6.30. The third-order valence-corrected chi connectivity index (χ3v) is 5.57. The Morgan fingerprint density at radius 3 is 2.70 bits per heavy atom. The van der Waals surface area contributed by atoms with E-state index < -0.39 is 17.9 Å². The van der Waals surface area contributed by atoms with Crippen LogP contribution in [-0.2, 0) is 23.9 Å². The fourth-order valence-corrected chi connectivity index (χ4v) is 3.67. The van der Waals surface area contributed by atoms with Gasteiger partial charge in [-0.05, 0) is 48.9 Å². The Balaban J connectivity index is 1.51. The van der Waals surface area contributed by atoms with Gasteiger partial charge in [0, 0.05) is 35.7 Å². The van der Waals surface area contributed by atoms with Crippen LogP contribution in [0.1, 0.15) is 40.6 Å². The average molecular weight is 481 g/mol. The quantitative estimate of drug-likeness (QED) is 0.527. The highest BCUT2D eigenvalue weighted by Gasteiger charge is 2.37. The van der Waals surface area contributed by atoms with Gasteiger partial charge in [0.2, 0.25) is 5.89 Å². The molecule has 0 saturated carbocycles. The summed E-state index contributed by atoms with van der Waals surface area (Å²) in [6, 6.07) is 8.92. The van der Waals surface area contributed by atoms with Crippen molar-refractivity contribution in [1.29, 1.82) is 0 Å². The molecule has 1 atom stereocenters. The predicted octanol–water partition coefficient (Wildman–Crippen LogP) is 4.70. The van der Waals surface area contributed by atoms with Gasteiger partial charge in [0.1, 0.15) is 0 Å². The Morgan fingerprint density at radius 2 is 2.03 bits per heavy atom. The lowest BCUT2D eigenvalue weighted by molar-refractivity contribution is -0.146. The Kier molecular flexibility index (Phi) is 6.94. The van der Waals surface area contributed by atoms with Crippen LogP contribution in [0, 0.1) is 5.92 Å². The first-order valence-electron chi connectivity index (χ1n) is 10.3. The average Bonchev–Trinajstić information content (AvgIpc) is 3.48. The van der Waals surface area contributed by atoms with E-state index in [2.05, 4.69) is 25.0 Å². The van der Waals surface area contributed by atoms with Crippen molar-refractivity contribution in [2.45, 2.75) is 32.0 Å². The summed E-state index contributed by atoms with van der Waals surface area (Å²) in [5, 5.41) is 5.94. The van der Waals surface area contributed by atoms with E-state index in [0.29, 0.717) is 10.9 Å². The second-order valence-corrected chi connectivity index (χ2v) is 8.12. The molecule has 4 rings (SSSR count). The fraction of sp³-hybridized carbons (Fsp3) is 0.364. The largest absolute Gasteiger partial charge is 0.455 e. The molecule has 3 aromatic rings. The highest BCUT2D eigenvalue weighted by atomic mass is 35.5. The first-order valence-corrected chi connectivity index (χ1v) is 10.7. The van der Waals surface area contributed by atoms with Gasteiger partial charge >= 0.3 is 6.18 Å². The highest BCUT2D eigenvalue weighted by Crippen LogP contribution is 2.28. The minimum atomic E-state index is -4.72. The molecule has 1 fully saturated rings. The zero-order valence-corrected chi connectivity index (χ0v) is 18.1. The molecule has 0 spiro atoms. The third kappa shape index (κ3) is 5.88. The summed E-state index contributed by atoms with van der Waals surface area (Å²) in [5.41, 5.74) is 2.73. The molecule has 7 nitrogen and oxygen atoms in total. The van der Waals surface area contributed by atoms with E-state index in [1.807, 2.05) is 12.1 Å². The molecule has 1 N–H and O–H groups in total. The molecular weight excluding hydrogens is 461 g/mol. The molecule has 1 saturated heterocycles. The van der Waals surface area contributed by atoms with E-state index in [-0.39, 0.29) is 18.0 Å². The van der Waals surface area contributed by atoms with Crippen molar-refractivity contribution in [2.75, 3.05) is 13.2 Å². The molecule has 0 radical (unpaired) electrons. The van der Waals surface area contributed by atoms with Crippen LogP contribution in [0.2, 0.25) is 5.02 Å². The van der Waals surface area contributed by atoms with Crippen molar-refractivity contribution in [3.05, 3.63) is 64.5 Å². The number of carbonyl (C=O) groups excluding carboxylic acids is 1. The van der Waals surface area contributed by atoms with Crippen molar-refractivity contribution in [3.63, 3.8) is 0 Å². The van der Waals surface area contributed by atoms with Crippen LogP contribution in [0.5, 0.6) is 0 Å². The van der Waals surface area contributed by atoms with Crippen LogP contribution >= 0.6 is 11.6 Å². The molecule has 11 heteroatoms. The maximum absolute atomic E-state index is 12.6. The lowest BCUT2D eigenvalue weighted by Crippen LogP contribution is -2.23. The van der Waals surface area contributed by atoms with Gasteiger partial charge in [-0.25, -0.2) is 0 Å². The monoisotopic (exact) mass is 480 g/mol. The number of nitrogens with one attached hydrogen (secondary N) is 1. The Morgan fingerprint density at radius 1 is 1.24 bits per heavy atom. The minimum Gasteiger partial charge on any atom is -0.381 e. The summed E-state index contributed by atoms with van der Waals surface area (Å²) in [5.74, 6) is -1.79. The van der Waals surface area contributed by atoms with Crippen LogP contribution in [0.4, 0.5) is 13.2 Å². The molecule has 1 aliphatic rings. The molecule has 1 amide bonds. The van der Waals surface area contributed by atoms with Crippen LogP contribution < -0.4 is 5.32 Å². The minimum absolute atomic E-state index is 0.253. The van der Waals surface area contributed by atoms with Crippen LogP contribution in [0.3, 0.4) is 0 Å². The SMILES string of the molecule is O=C(NCc1nc(C(F)(F)F)no1)c1cnc(CC[C@@H]2CCOC2)c(-c2ccc(Cl)cc2)c1. The number of pyridine rings is 1. The summed E-state index contributed by atoms with van der Waals surface area (Å²) < 4.78 is 47.8. The number of carbonyl (C=O) groups is 1. The second-order valence-electron chi connectivity index (χ2n) is 7.69. The lowest BCUT2D eigenvalue weighted by Gasteiger charge is -2.13. The van der Waals surface area contributed by atoms with E-state index in [0.717, 1.165) is 49.3 Å². The summed E-state index contributed by atoms with van der Waals surface area (Å²) in [4.78, 5) is 20.4. The number of hydrogen-bond donors (Lipinski definition) is 1. The zero-order chi connectivity index (χ0) is 23.4. The third-order valence-electron chi connectivity index (χ3n) is 5.32. The number of aryl methyl sites for hydroxylation is 1. The number of nitrogens with zero attached hydrogens (tertiary/aromatic N) is 3. The van der Waals surface area contributed by atoms with Crippen molar-refractivity contribution in [2.24, 2.45) is 5.92 Å². The lowest BCUT2D eigenvalue weighted by atomic mass is 9.95. The molecule has 0 aliphatic carbocycles. The van der Waals surface area contributed by atoms with Gasteiger partial charge < -0.3 is 14.6 Å². The number of alkyl halides is 3. The number of hydrogen-bond acceptors (Lipinski definition) is 6. The summed E-state index contributed by atoms with van der Waals surface area (Å²) in [6.45, 7) is 1.16. The first-order chi connectivity index (χ1) is 15.8. The van der Waals surface area contributed by atoms with Gasteiger partial charge in [-0.15, -0.1) is 0 Å². The van der Waals surface area contributed by atoms with Gasteiger partial charge in [-0.2, -0.15) is 18.2 Å². The number of aromatic nitrogens is 3. The number of rotatable bonds is 7. The maximum Gasteiger partial charge on any atom is 0.455 e. The number of benzene rings is 1. The van der Waals surface area contributed by atoms with E-state index in [9.17, 15) is 18.0 Å². The molecule has 3 heterocycles. The van der Waals surface area contributed by atoms with Crippen molar-refractivity contribution in [1.82, 2.24) is 20.4 Å². The molecule has 33 heavy (non-hydrogen) atoms. The zero-order valence-electron chi connectivity index (χ0n) is 17.4. The van der Waals surface area contributed by atoms with Gasteiger partial charge in [-0.3, -0.25) is 9.78 Å². The maximum atomic E-state index is 12.6. The summed E-state index contributed by atoms with van der Waals surface area (Å²) in [6.07, 6.45) is -0.621. The molecule has 0 bridgehead atoms. The summed E-state index contributed by atoms with van der Waals surface area (Å²) in [7, 11) is 0. The smallest absolute Gasteiger partial charge is 0.381 e. The fourth-order valence-electron chi connectivity index (χ4n) is 3.55. The standard InChI is InChI=1S/C22H20ClF3N4O3/c23-16-4-2-14(3-5-16)17-9-15(10-27-18(17)6-1-13-7-8-32-12-13)20(31)28-11-19-29-21(30-33-19)22(24,25)26/h2-5,9-10,13H,1,6-8,11-12H2,(H,28,31)/t13-/m1/s1. The predicted molar refractivity (Wildman–Crippen MR) is 112 cm³/mol. The van der Waals surface area contributed by atoms with Gasteiger partial charge in [-0.1, -0.05) is 28.9 Å². The molecule has 0 unspecified atom stereocenters. The number of halogens is 4. The van der Waals surface area contributed by atoms with Gasteiger partial charge in [0.25, 0.3) is 11.7 Å². The Hall–Kier alpha value is -2.98. The van der Waals surface area contributed by atoms with Crippen LogP contribution in [0.15, 0.2) is 41.1 Å². The molecule has 174 valence electrons. The van der Waals surface area contributed by atoms with E-state index in [1.54, 1.807) is 18.2 Å². The van der Waals surface area contributed by atoms with E-state index >= 15 is 0 Å². The molecule has 1 aromatic carbocycles. The van der Waals surface area contributed by atoms with E-state index in [4.69, 9.17) is 16.3 Å². The molecular formula is C22H20ClF3N4O3. The number of ether oxygens (including phenoxy) is 1. The van der Waals surface area contributed by atoms with Crippen molar-refractivity contribution in [3.8, 4) is 11.1 Å². The number of amides is 1. The van der Waals surface area contributed by atoms with Crippen LogP contribution in [-0.4, -0.2) is 34.2 Å². The second kappa shape index (κ2) is 9.88. The Bertz CT molecular complexity index is 1110. The van der Waals surface area contributed by atoms with Crippen molar-refractivity contribution < 1.29 is 27.2 Å². The van der Waals surface area contributed by atoms with Crippen LogP contribution in [0.25, 0.3) is 11.1 Å². The first kappa shape index (κ1) is 23.2.